The second-order valence-electron chi connectivity index (χ2n) is 29.4. The number of benzene rings is 19. The van der Waals surface area contributed by atoms with Crippen LogP contribution in [-0.2, 0) is 0 Å². The predicted octanol–water partition coefficient (Wildman–Crippen LogP) is 32.3. The summed E-state index contributed by atoms with van der Waals surface area (Å²) in [7, 11) is 0. The molecule has 0 bridgehead atoms. The number of rotatable bonds is 16. The monoisotopic (exact) mass is 1480 g/mol. The quantitative estimate of drug-likeness (QED) is 0.0890. The molecule has 0 amide bonds. The van der Waals surface area contributed by atoms with E-state index >= 15 is 0 Å². The molecule has 0 aliphatic heterocycles. The standard InChI is InChI=1S/C110H72N2S2/c1-5-22-73(23-6-1)74-40-55-91(56-41-74)112(106-38-19-17-34-96(106)78-26-9-3-10-27-78)92-57-44-76(45-58-92)82-49-62-95(102(68-82)86-51-64-108-103(71-86)99-37-18-20-39-107(99)113-108)84-30-21-29-80(66-84)83-50-63-109-104(69-83)105-72-87(52-65-110(105)114-109)101-67-81(48-61-94(101)77-24-7-2-8-25-77)75-42-53-89(54-43-75)111(88-31-11-4-12-32-88)90-59-46-79(47-60-90)100-70-85-28-13-14-33-93(85)97-35-15-16-36-98(97)100/h1-72H. The van der Waals surface area contributed by atoms with Crippen molar-refractivity contribution in [3.63, 3.8) is 0 Å². The Morgan fingerprint density at radius 2 is 0.474 bits per heavy atom. The maximum Gasteiger partial charge on any atom is 0.0540 e. The van der Waals surface area contributed by atoms with Gasteiger partial charge < -0.3 is 9.80 Å². The molecule has 21 aromatic rings. The molecule has 0 fully saturated rings. The summed E-state index contributed by atoms with van der Waals surface area (Å²) >= 11 is 3.73. The number of para-hydroxylation sites is 2. The molecule has 114 heavy (non-hydrogen) atoms. The van der Waals surface area contributed by atoms with E-state index in [1.54, 1.807) is 0 Å². The summed E-state index contributed by atoms with van der Waals surface area (Å²) in [4.78, 5) is 4.76. The molecular formula is C110H72N2S2. The molecule has 0 N–H and O–H groups in total. The lowest BCUT2D eigenvalue weighted by atomic mass is 9.89. The number of fused-ring (bicyclic) bond motifs is 9. The normalized spacial score (nSPS) is 11.5. The molecule has 0 radical (unpaired) electrons. The van der Waals surface area contributed by atoms with Crippen LogP contribution in [0.25, 0.3) is 173 Å². The molecule has 21 rings (SSSR count). The maximum atomic E-state index is 2.44. The molecule has 0 saturated carbocycles. The van der Waals surface area contributed by atoms with Gasteiger partial charge in [0.25, 0.3) is 0 Å². The number of thiophene rings is 2. The first kappa shape index (κ1) is 67.8. The van der Waals surface area contributed by atoms with Crippen LogP contribution in [0.15, 0.2) is 437 Å². The van der Waals surface area contributed by atoms with Crippen molar-refractivity contribution in [2.75, 3.05) is 9.80 Å². The maximum absolute atomic E-state index is 2.44. The molecule has 2 nitrogen and oxygen atoms in total. The highest BCUT2D eigenvalue weighted by atomic mass is 32.1. The van der Waals surface area contributed by atoms with Crippen LogP contribution in [0.3, 0.4) is 0 Å². The van der Waals surface area contributed by atoms with E-state index in [1.807, 2.05) is 22.7 Å². The molecular weight excluding hydrogens is 1410 g/mol. The Morgan fingerprint density at radius 3 is 1.06 bits per heavy atom. The highest BCUT2D eigenvalue weighted by Gasteiger charge is 2.22. The Morgan fingerprint density at radius 1 is 0.140 bits per heavy atom. The molecule has 2 aromatic heterocycles. The van der Waals surface area contributed by atoms with Gasteiger partial charge in [0, 0.05) is 74.3 Å². The number of hydrogen-bond donors (Lipinski definition) is 0. The van der Waals surface area contributed by atoms with E-state index in [2.05, 4.69) is 447 Å². The molecule has 0 spiro atoms. The Balaban J connectivity index is 0.618. The summed E-state index contributed by atoms with van der Waals surface area (Å²) in [5.41, 5.74) is 30.1. The zero-order valence-electron chi connectivity index (χ0n) is 62.3. The van der Waals surface area contributed by atoms with Gasteiger partial charge in [0.05, 0.1) is 5.69 Å². The second kappa shape index (κ2) is 29.2. The average Bonchev–Trinajstić information content (AvgIpc) is 1.41. The third kappa shape index (κ3) is 12.7. The topological polar surface area (TPSA) is 6.48 Å². The van der Waals surface area contributed by atoms with Crippen molar-refractivity contribution in [3.05, 3.63) is 437 Å². The SMILES string of the molecule is c1ccc(-c2ccc(N(c3ccc(-c4ccc(-c5cccc(-c6ccc7sc8ccc(-c9cc(-c%10ccc(N(c%11ccccc%11)c%11ccc(-c%12cc%13ccccc%13c%13ccccc%12%13)cc%11)cc%10)ccc9-c9ccccc9)cc8c7c6)c5)c(-c5ccc6sc7ccccc7c6c5)c4)cc3)c3ccccc3-c3ccccc3)cc2)cc1. The fourth-order valence-electron chi connectivity index (χ4n) is 17.0. The minimum Gasteiger partial charge on any atom is -0.311 e. The Kier molecular flexibility index (Phi) is 17.4. The van der Waals surface area contributed by atoms with Crippen molar-refractivity contribution in [1.82, 2.24) is 0 Å². The van der Waals surface area contributed by atoms with Crippen LogP contribution in [-0.4, -0.2) is 0 Å². The second-order valence-corrected chi connectivity index (χ2v) is 31.6. The van der Waals surface area contributed by atoms with Gasteiger partial charge in [-0.25, -0.2) is 0 Å². The van der Waals surface area contributed by atoms with Crippen molar-refractivity contribution in [1.29, 1.82) is 0 Å². The van der Waals surface area contributed by atoms with Gasteiger partial charge in [-0.05, 0) is 261 Å². The Hall–Kier alpha value is -14.3. The van der Waals surface area contributed by atoms with Gasteiger partial charge in [0.2, 0.25) is 0 Å². The highest BCUT2D eigenvalue weighted by molar-refractivity contribution is 7.26. The van der Waals surface area contributed by atoms with E-state index in [0.29, 0.717) is 0 Å². The Labute approximate surface area is 671 Å². The lowest BCUT2D eigenvalue weighted by Crippen LogP contribution is -2.11. The van der Waals surface area contributed by atoms with E-state index in [-0.39, 0.29) is 0 Å². The number of nitrogens with zero attached hydrogens (tertiary/aromatic N) is 2. The molecule has 2 heterocycles. The molecule has 534 valence electrons. The third-order valence-electron chi connectivity index (χ3n) is 22.7. The van der Waals surface area contributed by atoms with Gasteiger partial charge in [-0.15, -0.1) is 22.7 Å². The number of hydrogen-bond acceptors (Lipinski definition) is 4. The van der Waals surface area contributed by atoms with Crippen molar-refractivity contribution < 1.29 is 0 Å². The predicted molar refractivity (Wildman–Crippen MR) is 491 cm³/mol. The lowest BCUT2D eigenvalue weighted by molar-refractivity contribution is 1.28. The van der Waals surface area contributed by atoms with E-state index < -0.39 is 0 Å². The van der Waals surface area contributed by atoms with Crippen LogP contribution < -0.4 is 9.80 Å². The summed E-state index contributed by atoms with van der Waals surface area (Å²) in [6, 6.07) is 161. The van der Waals surface area contributed by atoms with Crippen LogP contribution in [0.2, 0.25) is 0 Å². The minimum atomic E-state index is 1.07. The molecule has 0 saturated heterocycles. The summed E-state index contributed by atoms with van der Waals surface area (Å²) in [5.74, 6) is 0. The van der Waals surface area contributed by atoms with Crippen LogP contribution >= 0.6 is 22.7 Å². The van der Waals surface area contributed by atoms with E-state index in [4.69, 9.17) is 0 Å². The molecule has 0 atom stereocenters. The Bertz CT molecular complexity index is 7170. The van der Waals surface area contributed by atoms with Gasteiger partial charge in [-0.1, -0.05) is 303 Å². The molecule has 0 aliphatic carbocycles. The zero-order valence-corrected chi connectivity index (χ0v) is 63.9. The van der Waals surface area contributed by atoms with E-state index in [1.165, 1.54) is 140 Å². The van der Waals surface area contributed by atoms with Crippen LogP contribution in [0.5, 0.6) is 0 Å². The highest BCUT2D eigenvalue weighted by Crippen LogP contribution is 2.48. The van der Waals surface area contributed by atoms with Crippen molar-refractivity contribution >= 4 is 119 Å². The average molecular weight is 1490 g/mol. The van der Waals surface area contributed by atoms with Gasteiger partial charge in [-0.2, -0.15) is 0 Å². The zero-order chi connectivity index (χ0) is 75.4. The van der Waals surface area contributed by atoms with Crippen molar-refractivity contribution in [3.8, 4) is 111 Å². The minimum absolute atomic E-state index is 1.07. The third-order valence-corrected chi connectivity index (χ3v) is 25.0. The summed E-state index contributed by atoms with van der Waals surface area (Å²) in [6.07, 6.45) is 0. The van der Waals surface area contributed by atoms with Crippen molar-refractivity contribution in [2.24, 2.45) is 0 Å². The smallest absolute Gasteiger partial charge is 0.0540 e. The van der Waals surface area contributed by atoms with E-state index in [0.717, 1.165) is 67.5 Å². The summed E-state index contributed by atoms with van der Waals surface area (Å²) in [6.45, 7) is 0. The first-order chi connectivity index (χ1) is 56.5. The molecule has 0 unspecified atom stereocenters. The molecule has 4 heteroatoms. The van der Waals surface area contributed by atoms with Crippen LogP contribution in [0.4, 0.5) is 34.1 Å². The first-order valence-electron chi connectivity index (χ1n) is 39.0. The van der Waals surface area contributed by atoms with Crippen LogP contribution in [0.1, 0.15) is 0 Å². The fraction of sp³-hybridized carbons (Fsp3) is 0. The molecule has 19 aromatic carbocycles. The number of anilines is 6. The van der Waals surface area contributed by atoms with Gasteiger partial charge >= 0.3 is 0 Å². The van der Waals surface area contributed by atoms with Crippen molar-refractivity contribution in [2.45, 2.75) is 0 Å². The van der Waals surface area contributed by atoms with Gasteiger partial charge in [0.15, 0.2) is 0 Å². The summed E-state index contributed by atoms with van der Waals surface area (Å²) in [5, 5.41) is 10.1. The lowest BCUT2D eigenvalue weighted by Gasteiger charge is -2.28. The largest absolute Gasteiger partial charge is 0.311 e. The van der Waals surface area contributed by atoms with Gasteiger partial charge in [-0.3, -0.25) is 0 Å². The van der Waals surface area contributed by atoms with Crippen LogP contribution in [0, 0.1) is 0 Å². The van der Waals surface area contributed by atoms with E-state index in [9.17, 15) is 0 Å². The summed E-state index contributed by atoms with van der Waals surface area (Å²) < 4.78 is 5.12. The molecule has 0 aliphatic rings. The fourth-order valence-corrected chi connectivity index (χ4v) is 19.2. The van der Waals surface area contributed by atoms with Gasteiger partial charge in [0.1, 0.15) is 0 Å². The first-order valence-corrected chi connectivity index (χ1v) is 40.6.